The van der Waals surface area contributed by atoms with Crippen LogP contribution in [0.25, 0.3) is 0 Å². The van der Waals surface area contributed by atoms with Gasteiger partial charge in [-0.3, -0.25) is 0 Å². The molecule has 0 aromatic carbocycles. The maximum Gasteiger partial charge on any atom is 0.504 e. The molecule has 0 saturated heterocycles. The first-order valence-corrected chi connectivity index (χ1v) is 12.3. The number of hydrogen-bond acceptors (Lipinski definition) is 3. The summed E-state index contributed by atoms with van der Waals surface area (Å²) in [6.45, 7) is 0. The third-order valence-corrected chi connectivity index (χ3v) is 13.2. The largest absolute Gasteiger partial charge is 0.504 e. The molecule has 5 heteroatoms. The van der Waals surface area contributed by atoms with E-state index in [1.807, 2.05) is 0 Å². The summed E-state index contributed by atoms with van der Waals surface area (Å²) in [5, 5.41) is 0. The van der Waals surface area contributed by atoms with Gasteiger partial charge in [0.25, 0.3) is 0 Å². The van der Waals surface area contributed by atoms with Crippen LogP contribution < -0.4 is 0 Å². The second-order valence-corrected chi connectivity index (χ2v) is 12.9. The highest BCUT2D eigenvalue weighted by Crippen LogP contribution is 2.56. The lowest BCUT2D eigenvalue weighted by atomic mass is 9.99. The fourth-order valence-corrected chi connectivity index (χ4v) is 12.6. The van der Waals surface area contributed by atoms with Crippen LogP contribution in [-0.4, -0.2) is 47.2 Å². The van der Waals surface area contributed by atoms with Gasteiger partial charge >= 0.3 is 8.80 Å². The van der Waals surface area contributed by atoms with Crippen LogP contribution in [0.5, 0.6) is 0 Å². The summed E-state index contributed by atoms with van der Waals surface area (Å²) < 4.78 is 17.3. The third kappa shape index (κ3) is 4.75. The van der Waals surface area contributed by atoms with E-state index in [1.54, 1.807) is 21.3 Å². The molecule has 0 aromatic rings. The van der Waals surface area contributed by atoms with Crippen molar-refractivity contribution in [3.8, 4) is 0 Å². The molecule has 2 saturated carbocycles. The van der Waals surface area contributed by atoms with Gasteiger partial charge in [0.15, 0.2) is 0 Å². The van der Waals surface area contributed by atoms with Crippen molar-refractivity contribution in [3.63, 3.8) is 0 Å². The lowest BCUT2D eigenvalue weighted by Gasteiger charge is -2.41. The van der Waals surface area contributed by atoms with Crippen LogP contribution in [0.15, 0.2) is 0 Å². The Morgan fingerprint density at radius 2 is 1.10 bits per heavy atom. The van der Waals surface area contributed by atoms with E-state index in [0.717, 1.165) is 17.1 Å². The molecule has 2 aliphatic rings. The highest BCUT2D eigenvalue weighted by Gasteiger charge is 2.44. The predicted molar refractivity (Wildman–Crippen MR) is 92.3 cm³/mol. The standard InChI is InChI=1S/C16H33O3PSi/c1-17-21(18-2,19-3)14-20(15-10-6-4-7-11-15)16-12-8-5-9-13-16/h15-16H,4-14H2,1-3H3. The summed E-state index contributed by atoms with van der Waals surface area (Å²) in [6, 6.07) is 0. The molecule has 0 aromatic heterocycles. The SMILES string of the molecule is CO[Si](CP(C1CCCCC1)C1CCCCC1)(OC)OC. The summed E-state index contributed by atoms with van der Waals surface area (Å²) in [6.07, 6.45) is 14.3. The Hall–Kier alpha value is 0.527. The van der Waals surface area contributed by atoms with Crippen molar-refractivity contribution < 1.29 is 13.3 Å². The summed E-state index contributed by atoms with van der Waals surface area (Å²) in [7, 11) is 2.88. The Kier molecular flexibility index (Phi) is 7.64. The molecule has 2 rings (SSSR count). The maximum absolute atomic E-state index is 5.76. The smallest absolute Gasteiger partial charge is 0.377 e. The van der Waals surface area contributed by atoms with E-state index >= 15 is 0 Å². The molecule has 0 unspecified atom stereocenters. The van der Waals surface area contributed by atoms with Gasteiger partial charge in [0.1, 0.15) is 0 Å². The van der Waals surface area contributed by atoms with Gasteiger partial charge in [-0.05, 0) is 37.0 Å². The molecule has 0 amide bonds. The molecule has 124 valence electrons. The lowest BCUT2D eigenvalue weighted by Crippen LogP contribution is -2.48. The van der Waals surface area contributed by atoms with Gasteiger partial charge < -0.3 is 13.3 Å². The Morgan fingerprint density at radius 3 is 1.43 bits per heavy atom. The molecule has 0 N–H and O–H groups in total. The van der Waals surface area contributed by atoms with Crippen molar-refractivity contribution in [1.29, 1.82) is 0 Å². The van der Waals surface area contributed by atoms with Crippen LogP contribution in [0.2, 0.25) is 0 Å². The van der Waals surface area contributed by atoms with E-state index in [0.29, 0.717) is 0 Å². The average molecular weight is 332 g/mol. The van der Waals surface area contributed by atoms with Crippen molar-refractivity contribution in [3.05, 3.63) is 0 Å². The van der Waals surface area contributed by atoms with E-state index < -0.39 is 8.80 Å². The quantitative estimate of drug-likeness (QED) is 0.505. The van der Waals surface area contributed by atoms with E-state index in [9.17, 15) is 0 Å². The molecule has 0 heterocycles. The van der Waals surface area contributed by atoms with Crippen LogP contribution in [0.4, 0.5) is 0 Å². The first-order chi connectivity index (χ1) is 10.2. The van der Waals surface area contributed by atoms with E-state index in [1.165, 1.54) is 64.2 Å². The van der Waals surface area contributed by atoms with Gasteiger partial charge in [-0.1, -0.05) is 46.4 Å². The first-order valence-electron chi connectivity index (χ1n) is 8.66. The molecular formula is C16H33O3PSi. The number of rotatable bonds is 7. The molecule has 0 aliphatic heterocycles. The Labute approximate surface area is 133 Å². The minimum Gasteiger partial charge on any atom is -0.377 e. The second kappa shape index (κ2) is 8.98. The predicted octanol–water partition coefficient (Wildman–Crippen LogP) is 4.55. The molecule has 0 spiro atoms. The molecule has 0 atom stereocenters. The number of hydrogen-bond donors (Lipinski definition) is 0. The van der Waals surface area contributed by atoms with Gasteiger partial charge in [0, 0.05) is 27.1 Å². The zero-order valence-corrected chi connectivity index (χ0v) is 16.0. The minimum atomic E-state index is -2.42. The Bertz CT molecular complexity index is 261. The molecule has 3 nitrogen and oxygen atoms in total. The van der Waals surface area contributed by atoms with Gasteiger partial charge in [-0.2, -0.15) is 0 Å². The zero-order chi connectivity index (χ0) is 15.1. The Morgan fingerprint density at radius 1 is 0.714 bits per heavy atom. The van der Waals surface area contributed by atoms with Crippen LogP contribution in [-0.2, 0) is 13.3 Å². The van der Waals surface area contributed by atoms with Crippen molar-refractivity contribution in [2.24, 2.45) is 0 Å². The Balaban J connectivity index is 2.09. The monoisotopic (exact) mass is 332 g/mol. The van der Waals surface area contributed by atoms with Crippen LogP contribution >= 0.6 is 7.92 Å². The molecule has 2 aliphatic carbocycles. The summed E-state index contributed by atoms with van der Waals surface area (Å²) in [5.41, 5.74) is 1.87. The van der Waals surface area contributed by atoms with Crippen molar-refractivity contribution >= 4 is 16.7 Å². The highest BCUT2D eigenvalue weighted by atomic mass is 31.1. The fraction of sp³-hybridized carbons (Fsp3) is 1.00. The van der Waals surface area contributed by atoms with E-state index in [4.69, 9.17) is 13.3 Å². The van der Waals surface area contributed by atoms with Crippen LogP contribution in [0.1, 0.15) is 64.2 Å². The van der Waals surface area contributed by atoms with Crippen molar-refractivity contribution in [2.75, 3.05) is 27.1 Å². The highest BCUT2D eigenvalue weighted by molar-refractivity contribution is 7.61. The summed E-state index contributed by atoms with van der Waals surface area (Å²) in [4.78, 5) is 0. The van der Waals surface area contributed by atoms with Crippen molar-refractivity contribution in [1.82, 2.24) is 0 Å². The summed E-state index contributed by atoms with van der Waals surface area (Å²) >= 11 is 0. The molecule has 0 bridgehead atoms. The molecule has 21 heavy (non-hydrogen) atoms. The topological polar surface area (TPSA) is 27.7 Å². The first kappa shape index (κ1) is 17.9. The molecule has 0 radical (unpaired) electrons. The van der Waals surface area contributed by atoms with Crippen LogP contribution in [0, 0.1) is 0 Å². The van der Waals surface area contributed by atoms with Gasteiger partial charge in [0.2, 0.25) is 0 Å². The maximum atomic E-state index is 5.76. The zero-order valence-electron chi connectivity index (χ0n) is 14.1. The lowest BCUT2D eigenvalue weighted by molar-refractivity contribution is 0.130. The fourth-order valence-electron chi connectivity index (χ4n) is 4.05. The summed E-state index contributed by atoms with van der Waals surface area (Å²) in [5.74, 6) is 1.08. The van der Waals surface area contributed by atoms with E-state index in [-0.39, 0.29) is 7.92 Å². The van der Waals surface area contributed by atoms with E-state index in [2.05, 4.69) is 0 Å². The van der Waals surface area contributed by atoms with Gasteiger partial charge in [-0.25, -0.2) is 0 Å². The molecule has 2 fully saturated rings. The van der Waals surface area contributed by atoms with Crippen molar-refractivity contribution in [2.45, 2.75) is 75.5 Å². The minimum absolute atomic E-state index is 0.0157. The van der Waals surface area contributed by atoms with Gasteiger partial charge in [0.05, 0.1) is 0 Å². The average Bonchev–Trinajstić information content (AvgIpc) is 2.58. The second-order valence-electron chi connectivity index (χ2n) is 6.55. The van der Waals surface area contributed by atoms with Gasteiger partial charge in [-0.15, -0.1) is 0 Å². The normalized spacial score (nSPS) is 22.9. The molecular weight excluding hydrogens is 299 g/mol. The third-order valence-electron chi connectivity index (χ3n) is 5.40. The van der Waals surface area contributed by atoms with Crippen LogP contribution in [0.3, 0.4) is 0 Å².